The summed E-state index contributed by atoms with van der Waals surface area (Å²) in [5.74, 6) is 1.88. The van der Waals surface area contributed by atoms with Crippen molar-refractivity contribution in [2.24, 2.45) is 5.92 Å². The number of aryl methyl sites for hydroxylation is 1. The van der Waals surface area contributed by atoms with E-state index in [1.807, 2.05) is 4.90 Å². The Hall–Kier alpha value is -1.88. The zero-order valence-corrected chi connectivity index (χ0v) is 14.4. The van der Waals surface area contributed by atoms with Gasteiger partial charge in [-0.05, 0) is 56.2 Å². The Morgan fingerprint density at radius 3 is 2.96 bits per heavy atom. The average molecular weight is 327 g/mol. The van der Waals surface area contributed by atoms with Crippen LogP contribution in [0.4, 0.5) is 0 Å². The van der Waals surface area contributed by atoms with Crippen molar-refractivity contribution in [1.29, 1.82) is 0 Å². The standard InChI is InChI=1S/C19H25N3O2/c1-12-5-8-15-16(10-12)21-18(20-15)14-4-3-9-22(11-14)19(23)17(24-2)13-6-7-13/h5,8,10,13-14,17H,3-4,6-7,9,11H2,1-2H3,(H,20,21). The minimum atomic E-state index is -0.248. The smallest absolute Gasteiger partial charge is 0.251 e. The lowest BCUT2D eigenvalue weighted by molar-refractivity contribution is -0.144. The molecule has 4 rings (SSSR count). The third kappa shape index (κ3) is 2.93. The van der Waals surface area contributed by atoms with Gasteiger partial charge in [-0.2, -0.15) is 0 Å². The minimum absolute atomic E-state index is 0.164. The molecule has 0 spiro atoms. The number of rotatable bonds is 4. The Morgan fingerprint density at radius 1 is 1.38 bits per heavy atom. The number of carbonyl (C=O) groups is 1. The van der Waals surface area contributed by atoms with Gasteiger partial charge in [0.25, 0.3) is 5.91 Å². The van der Waals surface area contributed by atoms with E-state index in [1.165, 1.54) is 5.56 Å². The van der Waals surface area contributed by atoms with Gasteiger partial charge in [-0.1, -0.05) is 6.07 Å². The first kappa shape index (κ1) is 15.6. The van der Waals surface area contributed by atoms with Crippen molar-refractivity contribution >= 4 is 16.9 Å². The normalized spacial score (nSPS) is 22.8. The number of H-pyrrole nitrogens is 1. The van der Waals surface area contributed by atoms with Crippen molar-refractivity contribution in [2.75, 3.05) is 20.2 Å². The topological polar surface area (TPSA) is 58.2 Å². The number of piperidine rings is 1. The van der Waals surface area contributed by atoms with Crippen LogP contribution in [0.25, 0.3) is 11.0 Å². The van der Waals surface area contributed by atoms with Crippen LogP contribution < -0.4 is 0 Å². The van der Waals surface area contributed by atoms with Crippen molar-refractivity contribution in [2.45, 2.75) is 44.6 Å². The summed E-state index contributed by atoms with van der Waals surface area (Å²) in [6, 6.07) is 6.28. The lowest BCUT2D eigenvalue weighted by atomic mass is 9.96. The summed E-state index contributed by atoms with van der Waals surface area (Å²) in [4.78, 5) is 23.0. The van der Waals surface area contributed by atoms with Crippen LogP contribution in [0.15, 0.2) is 18.2 Å². The average Bonchev–Trinajstić information content (AvgIpc) is 3.33. The molecule has 1 aromatic carbocycles. The highest BCUT2D eigenvalue weighted by molar-refractivity contribution is 5.82. The van der Waals surface area contributed by atoms with Gasteiger partial charge in [-0.15, -0.1) is 0 Å². The molecule has 5 nitrogen and oxygen atoms in total. The molecule has 24 heavy (non-hydrogen) atoms. The summed E-state index contributed by atoms with van der Waals surface area (Å²) in [6.07, 6.45) is 4.08. The number of aromatic nitrogens is 2. The summed E-state index contributed by atoms with van der Waals surface area (Å²) >= 11 is 0. The maximum absolute atomic E-state index is 12.8. The van der Waals surface area contributed by atoms with E-state index >= 15 is 0 Å². The van der Waals surface area contributed by atoms with Gasteiger partial charge < -0.3 is 14.6 Å². The van der Waals surface area contributed by atoms with Crippen molar-refractivity contribution in [3.63, 3.8) is 0 Å². The summed E-state index contributed by atoms with van der Waals surface area (Å²) in [5.41, 5.74) is 3.32. The maximum Gasteiger partial charge on any atom is 0.251 e. The number of likely N-dealkylation sites (tertiary alicyclic amines) is 1. The molecule has 1 saturated carbocycles. The largest absolute Gasteiger partial charge is 0.371 e. The zero-order valence-electron chi connectivity index (χ0n) is 14.4. The predicted molar refractivity (Wildman–Crippen MR) is 92.9 cm³/mol. The monoisotopic (exact) mass is 327 g/mol. The molecule has 1 aliphatic heterocycles. The van der Waals surface area contributed by atoms with Crippen LogP contribution in [0.2, 0.25) is 0 Å². The molecule has 1 N–H and O–H groups in total. The second kappa shape index (κ2) is 6.20. The molecule has 1 aliphatic carbocycles. The number of nitrogens with one attached hydrogen (secondary N) is 1. The molecule has 0 radical (unpaired) electrons. The molecule has 5 heteroatoms. The highest BCUT2D eigenvalue weighted by Crippen LogP contribution is 2.36. The predicted octanol–water partition coefficient (Wildman–Crippen LogP) is 3.00. The van der Waals surface area contributed by atoms with E-state index in [4.69, 9.17) is 9.72 Å². The van der Waals surface area contributed by atoms with Crippen molar-refractivity contribution in [3.8, 4) is 0 Å². The molecule has 2 aromatic rings. The molecule has 2 heterocycles. The SMILES string of the molecule is COC(C(=O)N1CCCC(c2nc3ccc(C)cc3[nH]2)C1)C1CC1. The Labute approximate surface area is 142 Å². The molecular formula is C19H25N3O2. The molecular weight excluding hydrogens is 302 g/mol. The molecule has 2 aliphatic rings. The second-order valence-electron chi connectivity index (χ2n) is 7.26. The number of benzene rings is 1. The lowest BCUT2D eigenvalue weighted by Crippen LogP contribution is -2.45. The summed E-state index contributed by atoms with van der Waals surface area (Å²) in [6.45, 7) is 3.66. The molecule has 2 atom stereocenters. The van der Waals surface area contributed by atoms with Gasteiger partial charge in [-0.3, -0.25) is 4.79 Å². The van der Waals surface area contributed by atoms with Crippen LogP contribution >= 0.6 is 0 Å². The van der Waals surface area contributed by atoms with Gasteiger partial charge in [0, 0.05) is 26.1 Å². The van der Waals surface area contributed by atoms with E-state index in [2.05, 4.69) is 30.1 Å². The van der Waals surface area contributed by atoms with Gasteiger partial charge in [0.05, 0.1) is 11.0 Å². The van der Waals surface area contributed by atoms with Gasteiger partial charge in [0.2, 0.25) is 0 Å². The lowest BCUT2D eigenvalue weighted by Gasteiger charge is -2.34. The number of fused-ring (bicyclic) bond motifs is 1. The number of ether oxygens (including phenoxy) is 1. The molecule has 128 valence electrons. The fraction of sp³-hybridized carbons (Fsp3) is 0.579. The third-order valence-electron chi connectivity index (χ3n) is 5.32. The van der Waals surface area contributed by atoms with E-state index in [0.29, 0.717) is 5.92 Å². The minimum Gasteiger partial charge on any atom is -0.371 e. The fourth-order valence-corrected chi connectivity index (χ4v) is 3.81. The first-order valence-electron chi connectivity index (χ1n) is 8.93. The summed E-state index contributed by atoms with van der Waals surface area (Å²) in [5, 5.41) is 0. The number of hydrogen-bond donors (Lipinski definition) is 1. The van der Waals surface area contributed by atoms with Gasteiger partial charge in [0.15, 0.2) is 0 Å². The molecule has 1 aromatic heterocycles. The fourth-order valence-electron chi connectivity index (χ4n) is 3.81. The number of imidazole rings is 1. The highest BCUT2D eigenvalue weighted by Gasteiger charge is 2.39. The molecule has 2 unspecified atom stereocenters. The van der Waals surface area contributed by atoms with Gasteiger partial charge >= 0.3 is 0 Å². The molecule has 1 amide bonds. The van der Waals surface area contributed by atoms with Crippen molar-refractivity contribution < 1.29 is 9.53 Å². The Bertz CT molecular complexity index is 750. The van der Waals surface area contributed by atoms with Gasteiger partial charge in [-0.25, -0.2) is 4.98 Å². The number of amides is 1. The first-order chi connectivity index (χ1) is 11.7. The number of carbonyl (C=O) groups excluding carboxylic acids is 1. The van der Waals surface area contributed by atoms with E-state index in [1.54, 1.807) is 7.11 Å². The Kier molecular flexibility index (Phi) is 4.04. The number of methoxy groups -OCH3 is 1. The van der Waals surface area contributed by atoms with Crippen LogP contribution in [0.1, 0.15) is 43.0 Å². The quantitative estimate of drug-likeness (QED) is 0.939. The molecule has 1 saturated heterocycles. The number of nitrogens with zero attached hydrogens (tertiary/aromatic N) is 2. The number of aromatic amines is 1. The molecule has 0 bridgehead atoms. The van der Waals surface area contributed by atoms with Crippen molar-refractivity contribution in [1.82, 2.24) is 14.9 Å². The second-order valence-corrected chi connectivity index (χ2v) is 7.26. The Morgan fingerprint density at radius 2 is 2.21 bits per heavy atom. The summed E-state index contributed by atoms with van der Waals surface area (Å²) < 4.78 is 5.48. The van der Waals surface area contributed by atoms with Crippen LogP contribution in [0.5, 0.6) is 0 Å². The Balaban J connectivity index is 1.52. The van der Waals surface area contributed by atoms with Crippen LogP contribution in [0, 0.1) is 12.8 Å². The third-order valence-corrected chi connectivity index (χ3v) is 5.32. The van der Waals surface area contributed by atoms with Crippen LogP contribution in [-0.4, -0.2) is 47.1 Å². The highest BCUT2D eigenvalue weighted by atomic mass is 16.5. The first-order valence-corrected chi connectivity index (χ1v) is 8.93. The van der Waals surface area contributed by atoms with E-state index in [-0.39, 0.29) is 17.9 Å². The molecule has 2 fully saturated rings. The van der Waals surface area contributed by atoms with Crippen LogP contribution in [-0.2, 0) is 9.53 Å². The summed E-state index contributed by atoms with van der Waals surface area (Å²) in [7, 11) is 1.66. The van der Waals surface area contributed by atoms with Gasteiger partial charge in [0.1, 0.15) is 11.9 Å². The van der Waals surface area contributed by atoms with E-state index < -0.39 is 0 Å². The van der Waals surface area contributed by atoms with Crippen molar-refractivity contribution in [3.05, 3.63) is 29.6 Å². The maximum atomic E-state index is 12.8. The zero-order chi connectivity index (χ0) is 16.7. The van der Waals surface area contributed by atoms with Crippen LogP contribution in [0.3, 0.4) is 0 Å². The number of hydrogen-bond acceptors (Lipinski definition) is 3. The van der Waals surface area contributed by atoms with E-state index in [0.717, 1.165) is 55.6 Å². The van der Waals surface area contributed by atoms with E-state index in [9.17, 15) is 4.79 Å².